The van der Waals surface area contributed by atoms with Crippen molar-refractivity contribution >= 4 is 40.3 Å². The summed E-state index contributed by atoms with van der Waals surface area (Å²) in [5.41, 5.74) is 5.53. The molecule has 1 amide bonds. The Hall–Kier alpha value is -2.60. The third-order valence-corrected chi connectivity index (χ3v) is 7.24. The number of nitrogens with zero attached hydrogens (tertiary/aromatic N) is 2. The highest BCUT2D eigenvalue weighted by molar-refractivity contribution is 8.18. The quantitative estimate of drug-likeness (QED) is 0.546. The summed E-state index contributed by atoms with van der Waals surface area (Å²) in [6.45, 7) is 13.6. The number of carbonyl (C=O) groups is 1. The van der Waals surface area contributed by atoms with Crippen molar-refractivity contribution in [2.75, 3.05) is 11.4 Å². The van der Waals surface area contributed by atoms with Crippen molar-refractivity contribution in [1.82, 2.24) is 5.32 Å². The Labute approximate surface area is 194 Å². The number of fused-ring (bicyclic) bond motifs is 1. The molecule has 2 aromatic carbocycles. The van der Waals surface area contributed by atoms with Gasteiger partial charge >= 0.3 is 0 Å². The van der Waals surface area contributed by atoms with Gasteiger partial charge in [-0.25, -0.2) is 9.38 Å². The van der Waals surface area contributed by atoms with Crippen LogP contribution in [-0.4, -0.2) is 23.2 Å². The Morgan fingerprint density at radius 3 is 2.72 bits per heavy atom. The summed E-state index contributed by atoms with van der Waals surface area (Å²) in [6, 6.07) is 9.53. The van der Waals surface area contributed by atoms with Crippen LogP contribution in [0.25, 0.3) is 6.08 Å². The second kappa shape index (κ2) is 8.39. The molecule has 1 N–H and O–H groups in total. The fourth-order valence-electron chi connectivity index (χ4n) is 4.89. The van der Waals surface area contributed by atoms with E-state index in [1.54, 1.807) is 12.1 Å². The first-order chi connectivity index (χ1) is 15.1. The topological polar surface area (TPSA) is 44.7 Å². The monoisotopic (exact) mass is 451 g/mol. The molecule has 4 nitrogen and oxygen atoms in total. The SMILES string of the molecule is CCN1c2cc(F)c(/C=C3/SC(=Nc4ccc(C)cc4C)NC3=O)cc2C(C)CC1(C)C. The first kappa shape index (κ1) is 22.6. The second-order valence-corrected chi connectivity index (χ2v) is 10.4. The lowest BCUT2D eigenvalue weighted by atomic mass is 9.79. The molecule has 1 saturated heterocycles. The number of anilines is 1. The number of carbonyl (C=O) groups excluding carboxylic acids is 1. The Bertz CT molecular complexity index is 1150. The second-order valence-electron chi connectivity index (χ2n) is 9.37. The molecule has 4 rings (SSSR count). The molecule has 0 saturated carbocycles. The van der Waals surface area contributed by atoms with Crippen LogP contribution in [0.1, 0.15) is 62.3 Å². The van der Waals surface area contributed by atoms with Crippen molar-refractivity contribution in [2.45, 2.75) is 59.4 Å². The Morgan fingerprint density at radius 1 is 1.28 bits per heavy atom. The number of thioether (sulfide) groups is 1. The van der Waals surface area contributed by atoms with Crippen molar-refractivity contribution in [3.63, 3.8) is 0 Å². The van der Waals surface area contributed by atoms with Gasteiger partial charge in [-0.2, -0.15) is 0 Å². The molecule has 1 unspecified atom stereocenters. The lowest BCUT2D eigenvalue weighted by Crippen LogP contribution is -2.48. The van der Waals surface area contributed by atoms with Gasteiger partial charge in [0.2, 0.25) is 0 Å². The lowest BCUT2D eigenvalue weighted by molar-refractivity contribution is -0.115. The zero-order valence-corrected chi connectivity index (χ0v) is 20.4. The van der Waals surface area contributed by atoms with Gasteiger partial charge in [0.25, 0.3) is 5.91 Å². The number of amidine groups is 1. The molecule has 32 heavy (non-hydrogen) atoms. The first-order valence-electron chi connectivity index (χ1n) is 11.1. The number of amides is 1. The van der Waals surface area contributed by atoms with Crippen LogP contribution in [0.4, 0.5) is 15.8 Å². The standard InChI is InChI=1S/C26H30FN3OS/c1-7-30-22-13-20(27)18(11-19(22)17(4)14-26(30,5)6)12-23-24(31)29-25(32-23)28-21-9-8-15(2)10-16(21)3/h8-13,17H,7,14H2,1-6H3,(H,28,29,31)/b23-12+. The summed E-state index contributed by atoms with van der Waals surface area (Å²) in [5, 5.41) is 3.32. The summed E-state index contributed by atoms with van der Waals surface area (Å²) in [6.07, 6.45) is 2.64. The Morgan fingerprint density at radius 2 is 2.03 bits per heavy atom. The molecule has 1 atom stereocenters. The molecule has 2 aromatic rings. The van der Waals surface area contributed by atoms with Crippen LogP contribution in [0.15, 0.2) is 40.2 Å². The van der Waals surface area contributed by atoms with Gasteiger partial charge in [-0.05, 0) is 94.1 Å². The van der Waals surface area contributed by atoms with Crippen LogP contribution in [-0.2, 0) is 4.79 Å². The predicted molar refractivity (Wildman–Crippen MR) is 133 cm³/mol. The van der Waals surface area contributed by atoms with E-state index >= 15 is 4.39 Å². The van der Waals surface area contributed by atoms with Gasteiger partial charge < -0.3 is 10.2 Å². The van der Waals surface area contributed by atoms with Crippen molar-refractivity contribution in [2.24, 2.45) is 4.99 Å². The minimum Gasteiger partial charge on any atom is -0.366 e. The molecule has 0 aliphatic carbocycles. The molecule has 2 heterocycles. The third kappa shape index (κ3) is 4.20. The number of hydrogen-bond acceptors (Lipinski definition) is 4. The molecule has 2 aliphatic rings. The number of benzene rings is 2. The minimum atomic E-state index is -0.312. The lowest BCUT2D eigenvalue weighted by Gasteiger charge is -2.47. The smallest absolute Gasteiger partial charge is 0.264 e. The predicted octanol–water partition coefficient (Wildman–Crippen LogP) is 6.45. The van der Waals surface area contributed by atoms with Crippen LogP contribution in [0, 0.1) is 19.7 Å². The normalized spacial score (nSPS) is 22.4. The number of aryl methyl sites for hydroxylation is 2. The summed E-state index contributed by atoms with van der Waals surface area (Å²) in [7, 11) is 0. The number of rotatable bonds is 3. The molecule has 168 valence electrons. The van der Waals surface area contributed by atoms with E-state index in [4.69, 9.17) is 0 Å². The van der Waals surface area contributed by atoms with Gasteiger partial charge in [0.1, 0.15) is 5.82 Å². The Balaban J connectivity index is 1.67. The third-order valence-electron chi connectivity index (χ3n) is 6.33. The Kier molecular flexibility index (Phi) is 5.93. The van der Waals surface area contributed by atoms with Crippen molar-refractivity contribution in [1.29, 1.82) is 0 Å². The molecule has 0 aromatic heterocycles. The average Bonchev–Trinajstić information content (AvgIpc) is 3.04. The molecule has 6 heteroatoms. The molecule has 0 bridgehead atoms. The van der Waals surface area contributed by atoms with Gasteiger partial charge in [0.15, 0.2) is 5.17 Å². The van der Waals surface area contributed by atoms with E-state index in [1.807, 2.05) is 32.0 Å². The van der Waals surface area contributed by atoms with E-state index in [1.165, 1.54) is 11.8 Å². The average molecular weight is 452 g/mol. The zero-order chi connectivity index (χ0) is 23.2. The van der Waals surface area contributed by atoms with Gasteiger partial charge in [-0.15, -0.1) is 0 Å². The van der Waals surface area contributed by atoms with E-state index in [9.17, 15) is 4.79 Å². The van der Waals surface area contributed by atoms with Crippen LogP contribution >= 0.6 is 11.8 Å². The van der Waals surface area contributed by atoms with Gasteiger partial charge in [0, 0.05) is 23.3 Å². The highest BCUT2D eigenvalue weighted by Crippen LogP contribution is 2.44. The van der Waals surface area contributed by atoms with Crippen molar-refractivity contribution in [3.05, 3.63) is 63.3 Å². The number of halogens is 1. The molecular weight excluding hydrogens is 421 g/mol. The zero-order valence-electron chi connectivity index (χ0n) is 19.5. The summed E-state index contributed by atoms with van der Waals surface area (Å²) in [5.74, 6) is -0.250. The number of hydrogen-bond donors (Lipinski definition) is 1. The maximum atomic E-state index is 15.1. The summed E-state index contributed by atoms with van der Waals surface area (Å²) >= 11 is 1.25. The molecule has 0 radical (unpaired) electrons. The summed E-state index contributed by atoms with van der Waals surface area (Å²) in [4.78, 5) is 19.9. The maximum Gasteiger partial charge on any atom is 0.264 e. The number of nitrogens with one attached hydrogen (secondary N) is 1. The highest BCUT2D eigenvalue weighted by Gasteiger charge is 2.36. The number of aliphatic imine (C=N–C) groups is 1. The summed E-state index contributed by atoms with van der Waals surface area (Å²) < 4.78 is 15.1. The van der Waals surface area contributed by atoms with Crippen LogP contribution in [0.5, 0.6) is 0 Å². The van der Waals surface area contributed by atoms with Gasteiger partial charge in [0.05, 0.1) is 10.6 Å². The van der Waals surface area contributed by atoms with E-state index in [0.29, 0.717) is 21.6 Å². The van der Waals surface area contributed by atoms with E-state index < -0.39 is 0 Å². The van der Waals surface area contributed by atoms with Crippen LogP contribution in [0.3, 0.4) is 0 Å². The van der Waals surface area contributed by atoms with E-state index in [2.05, 4.69) is 49.0 Å². The van der Waals surface area contributed by atoms with Gasteiger partial charge in [-0.3, -0.25) is 4.79 Å². The largest absolute Gasteiger partial charge is 0.366 e. The first-order valence-corrected chi connectivity index (χ1v) is 11.9. The fraction of sp³-hybridized carbons (Fsp3) is 0.385. The van der Waals surface area contributed by atoms with E-state index in [-0.39, 0.29) is 17.3 Å². The van der Waals surface area contributed by atoms with Gasteiger partial charge in [-0.1, -0.05) is 24.6 Å². The molecule has 2 aliphatic heterocycles. The van der Waals surface area contributed by atoms with Crippen LogP contribution < -0.4 is 10.2 Å². The fourth-order valence-corrected chi connectivity index (χ4v) is 5.72. The molecule has 0 spiro atoms. The van der Waals surface area contributed by atoms with Crippen LogP contribution in [0.2, 0.25) is 0 Å². The minimum absolute atomic E-state index is 0.0196. The van der Waals surface area contributed by atoms with Crippen molar-refractivity contribution in [3.8, 4) is 0 Å². The van der Waals surface area contributed by atoms with Crippen molar-refractivity contribution < 1.29 is 9.18 Å². The molecule has 1 fully saturated rings. The highest BCUT2D eigenvalue weighted by atomic mass is 32.2. The maximum absolute atomic E-state index is 15.1. The van der Waals surface area contributed by atoms with E-state index in [0.717, 1.165) is 41.0 Å². The molecular formula is C26H30FN3OS.